The van der Waals surface area contributed by atoms with E-state index in [0.717, 1.165) is 42.7 Å². The SMILES string of the molecule is CC(C)(CCN)CCc1nc2cc(Cl)c(Cl)cc2[nH]1. The Morgan fingerprint density at radius 1 is 1.21 bits per heavy atom. The van der Waals surface area contributed by atoms with E-state index in [-0.39, 0.29) is 5.41 Å². The summed E-state index contributed by atoms with van der Waals surface area (Å²) in [6, 6.07) is 3.62. The van der Waals surface area contributed by atoms with Crippen LogP contribution in [0.5, 0.6) is 0 Å². The average Bonchev–Trinajstić information content (AvgIpc) is 2.69. The molecule has 0 bridgehead atoms. The molecule has 0 atom stereocenters. The van der Waals surface area contributed by atoms with Gasteiger partial charge in [-0.25, -0.2) is 4.98 Å². The van der Waals surface area contributed by atoms with Crippen molar-refractivity contribution in [3.05, 3.63) is 28.0 Å². The zero-order valence-corrected chi connectivity index (χ0v) is 12.8. The quantitative estimate of drug-likeness (QED) is 0.870. The summed E-state index contributed by atoms with van der Waals surface area (Å²) in [5.74, 6) is 0.971. The summed E-state index contributed by atoms with van der Waals surface area (Å²) < 4.78 is 0. The predicted octanol–water partition coefficient (Wildman–Crippen LogP) is 4.18. The fraction of sp³-hybridized carbons (Fsp3) is 0.500. The summed E-state index contributed by atoms with van der Waals surface area (Å²) in [6.07, 6.45) is 2.97. The number of rotatable bonds is 5. The highest BCUT2D eigenvalue weighted by Gasteiger charge is 2.17. The van der Waals surface area contributed by atoms with E-state index in [0.29, 0.717) is 10.0 Å². The minimum atomic E-state index is 0.239. The second kappa shape index (κ2) is 5.70. The van der Waals surface area contributed by atoms with E-state index < -0.39 is 0 Å². The Kier molecular flexibility index (Phi) is 4.39. The Balaban J connectivity index is 2.14. The van der Waals surface area contributed by atoms with Gasteiger partial charge < -0.3 is 10.7 Å². The number of H-pyrrole nitrogens is 1. The molecule has 3 nitrogen and oxygen atoms in total. The van der Waals surface area contributed by atoms with Crippen LogP contribution < -0.4 is 5.73 Å². The molecule has 1 heterocycles. The van der Waals surface area contributed by atoms with Gasteiger partial charge in [-0.1, -0.05) is 37.0 Å². The van der Waals surface area contributed by atoms with Crippen LogP contribution in [-0.2, 0) is 6.42 Å². The maximum atomic E-state index is 5.99. The van der Waals surface area contributed by atoms with Crippen molar-refractivity contribution in [2.24, 2.45) is 11.1 Å². The zero-order valence-electron chi connectivity index (χ0n) is 11.3. The van der Waals surface area contributed by atoms with Crippen LogP contribution in [0.3, 0.4) is 0 Å². The zero-order chi connectivity index (χ0) is 14.0. The van der Waals surface area contributed by atoms with Crippen molar-refractivity contribution in [2.45, 2.75) is 33.1 Å². The van der Waals surface area contributed by atoms with Gasteiger partial charge in [0.05, 0.1) is 21.1 Å². The van der Waals surface area contributed by atoms with Gasteiger partial charge in [0.15, 0.2) is 0 Å². The number of hydrogen-bond acceptors (Lipinski definition) is 2. The van der Waals surface area contributed by atoms with Crippen molar-refractivity contribution < 1.29 is 0 Å². The summed E-state index contributed by atoms with van der Waals surface area (Å²) in [6.45, 7) is 5.19. The number of aromatic nitrogens is 2. The summed E-state index contributed by atoms with van der Waals surface area (Å²) >= 11 is 12.0. The first-order chi connectivity index (χ1) is 8.91. The lowest BCUT2D eigenvalue weighted by Crippen LogP contribution is -2.18. The molecule has 1 aromatic heterocycles. The lowest BCUT2D eigenvalue weighted by Gasteiger charge is -2.22. The van der Waals surface area contributed by atoms with E-state index in [4.69, 9.17) is 28.9 Å². The van der Waals surface area contributed by atoms with Crippen LogP contribution in [0.15, 0.2) is 12.1 Å². The Labute approximate surface area is 123 Å². The van der Waals surface area contributed by atoms with E-state index in [1.54, 1.807) is 6.07 Å². The number of imidazole rings is 1. The molecule has 1 aromatic carbocycles. The van der Waals surface area contributed by atoms with Gasteiger partial charge in [-0.2, -0.15) is 0 Å². The van der Waals surface area contributed by atoms with Gasteiger partial charge >= 0.3 is 0 Å². The normalized spacial score (nSPS) is 12.3. The van der Waals surface area contributed by atoms with E-state index >= 15 is 0 Å². The summed E-state index contributed by atoms with van der Waals surface area (Å²) in [5.41, 5.74) is 7.66. The number of aromatic amines is 1. The molecule has 0 unspecified atom stereocenters. The molecular formula is C14H19Cl2N3. The topological polar surface area (TPSA) is 54.7 Å². The van der Waals surface area contributed by atoms with Crippen LogP contribution in [0.2, 0.25) is 10.0 Å². The second-order valence-electron chi connectivity index (χ2n) is 5.67. The van der Waals surface area contributed by atoms with Crippen LogP contribution >= 0.6 is 23.2 Å². The number of fused-ring (bicyclic) bond motifs is 1. The van der Waals surface area contributed by atoms with Crippen molar-refractivity contribution in [1.29, 1.82) is 0 Å². The van der Waals surface area contributed by atoms with E-state index in [2.05, 4.69) is 23.8 Å². The van der Waals surface area contributed by atoms with Crippen LogP contribution in [0.4, 0.5) is 0 Å². The third-order valence-corrected chi connectivity index (χ3v) is 4.15. The van der Waals surface area contributed by atoms with Crippen LogP contribution in [-0.4, -0.2) is 16.5 Å². The van der Waals surface area contributed by atoms with Gasteiger partial charge in [0.1, 0.15) is 5.82 Å². The van der Waals surface area contributed by atoms with Gasteiger partial charge in [-0.3, -0.25) is 0 Å². The lowest BCUT2D eigenvalue weighted by atomic mass is 9.84. The van der Waals surface area contributed by atoms with E-state index in [1.807, 2.05) is 6.07 Å². The molecule has 5 heteroatoms. The number of aryl methyl sites for hydroxylation is 1. The van der Waals surface area contributed by atoms with E-state index in [1.165, 1.54) is 0 Å². The van der Waals surface area contributed by atoms with Crippen molar-refractivity contribution in [3.8, 4) is 0 Å². The highest BCUT2D eigenvalue weighted by atomic mass is 35.5. The Bertz CT molecular complexity index is 536. The largest absolute Gasteiger partial charge is 0.342 e. The summed E-state index contributed by atoms with van der Waals surface area (Å²) in [4.78, 5) is 7.84. The molecule has 0 aliphatic carbocycles. The van der Waals surface area contributed by atoms with Crippen molar-refractivity contribution in [1.82, 2.24) is 9.97 Å². The summed E-state index contributed by atoms with van der Waals surface area (Å²) in [7, 11) is 0. The van der Waals surface area contributed by atoms with Crippen LogP contribution in [0.1, 0.15) is 32.5 Å². The molecule has 0 saturated carbocycles. The molecule has 0 amide bonds. The first kappa shape index (κ1) is 14.6. The third-order valence-electron chi connectivity index (χ3n) is 3.43. The fourth-order valence-corrected chi connectivity index (χ4v) is 2.47. The minimum absolute atomic E-state index is 0.239. The molecule has 0 fully saturated rings. The number of nitrogens with zero attached hydrogens (tertiary/aromatic N) is 1. The van der Waals surface area contributed by atoms with Gasteiger partial charge in [0.2, 0.25) is 0 Å². The van der Waals surface area contributed by atoms with Gasteiger partial charge in [0.25, 0.3) is 0 Å². The number of nitrogens with two attached hydrogens (primary N) is 1. The molecule has 2 aromatic rings. The number of benzene rings is 1. The smallest absolute Gasteiger partial charge is 0.107 e. The summed E-state index contributed by atoms with van der Waals surface area (Å²) in [5, 5.41) is 1.09. The van der Waals surface area contributed by atoms with Crippen molar-refractivity contribution >= 4 is 34.2 Å². The van der Waals surface area contributed by atoms with E-state index in [9.17, 15) is 0 Å². The van der Waals surface area contributed by atoms with Gasteiger partial charge in [0, 0.05) is 6.42 Å². The maximum Gasteiger partial charge on any atom is 0.107 e. The Hall–Kier alpha value is -0.770. The highest BCUT2D eigenvalue weighted by Crippen LogP contribution is 2.29. The van der Waals surface area contributed by atoms with Crippen LogP contribution in [0, 0.1) is 5.41 Å². The fourth-order valence-electron chi connectivity index (χ4n) is 2.15. The molecule has 0 radical (unpaired) electrons. The van der Waals surface area contributed by atoms with Gasteiger partial charge in [-0.15, -0.1) is 0 Å². The second-order valence-corrected chi connectivity index (χ2v) is 6.48. The molecule has 0 spiro atoms. The Morgan fingerprint density at radius 2 is 1.89 bits per heavy atom. The standard InChI is InChI=1S/C14H19Cl2N3/c1-14(2,5-6-17)4-3-13-18-11-7-9(15)10(16)8-12(11)19-13/h7-8H,3-6,17H2,1-2H3,(H,18,19). The molecule has 2 rings (SSSR count). The average molecular weight is 300 g/mol. The number of hydrogen-bond donors (Lipinski definition) is 2. The highest BCUT2D eigenvalue weighted by molar-refractivity contribution is 6.42. The van der Waals surface area contributed by atoms with Crippen molar-refractivity contribution in [3.63, 3.8) is 0 Å². The Morgan fingerprint density at radius 3 is 2.58 bits per heavy atom. The molecule has 104 valence electrons. The molecule has 0 aliphatic rings. The van der Waals surface area contributed by atoms with Crippen LogP contribution in [0.25, 0.3) is 11.0 Å². The number of halogens is 2. The molecule has 0 aliphatic heterocycles. The lowest BCUT2D eigenvalue weighted by molar-refractivity contribution is 0.311. The van der Waals surface area contributed by atoms with Gasteiger partial charge in [-0.05, 0) is 36.9 Å². The molecule has 19 heavy (non-hydrogen) atoms. The molecule has 0 saturated heterocycles. The first-order valence-electron chi connectivity index (χ1n) is 6.45. The maximum absolute atomic E-state index is 5.99. The molecular weight excluding hydrogens is 281 g/mol. The number of nitrogens with one attached hydrogen (secondary N) is 1. The predicted molar refractivity (Wildman–Crippen MR) is 81.9 cm³/mol. The van der Waals surface area contributed by atoms with Crippen molar-refractivity contribution in [2.75, 3.05) is 6.54 Å². The minimum Gasteiger partial charge on any atom is -0.342 e. The molecule has 3 N–H and O–H groups in total. The first-order valence-corrected chi connectivity index (χ1v) is 7.20. The monoisotopic (exact) mass is 299 g/mol. The third kappa shape index (κ3) is 3.62.